The van der Waals surface area contributed by atoms with Gasteiger partial charge in [0.2, 0.25) is 0 Å². The minimum atomic E-state index is 1.14. The zero-order valence-electron chi connectivity index (χ0n) is 15.3. The van der Waals surface area contributed by atoms with Crippen LogP contribution in [0.5, 0.6) is 0 Å². The maximum absolute atomic E-state index is 8.00. The summed E-state index contributed by atoms with van der Waals surface area (Å²) in [5.41, 5.74) is 4.97. The highest BCUT2D eigenvalue weighted by Crippen LogP contribution is 2.28. The largest absolute Gasteiger partial charge is 0.307 e. The Kier molecular flexibility index (Phi) is 9.40. The number of rotatable bonds is 2. The molecule has 0 heterocycles. The molecule has 4 aromatic rings. The van der Waals surface area contributed by atoms with E-state index >= 15 is 0 Å². The van der Waals surface area contributed by atoms with E-state index in [1.54, 1.807) is 0 Å². The number of hydrogen-bond donors (Lipinski definition) is 0. The van der Waals surface area contributed by atoms with E-state index in [2.05, 4.69) is 105 Å². The Labute approximate surface area is 183 Å². The third-order valence-corrected chi connectivity index (χ3v) is 5.30. The fraction of sp³-hybridized carbons (Fsp3) is 0. The summed E-state index contributed by atoms with van der Waals surface area (Å²) in [6.45, 7) is 2.00. The van der Waals surface area contributed by atoms with E-state index < -0.39 is 0 Å². The fourth-order valence-corrected chi connectivity index (χ4v) is 3.65. The zero-order valence-corrected chi connectivity index (χ0v) is 18.4. The van der Waals surface area contributed by atoms with E-state index in [4.69, 9.17) is 4.79 Å². The lowest BCUT2D eigenvalue weighted by atomic mass is 10.1. The molecule has 0 bridgehead atoms. The first-order chi connectivity index (χ1) is 13.8. The van der Waals surface area contributed by atoms with Gasteiger partial charge in [0.1, 0.15) is 6.79 Å². The molecule has 0 aliphatic rings. The average Bonchev–Trinajstić information content (AvgIpc) is 2.77. The fourth-order valence-electron chi connectivity index (χ4n) is 2.63. The first-order valence-corrected chi connectivity index (χ1v) is 10.2. The monoisotopic (exact) mass is 494 g/mol. The Morgan fingerprint density at radius 2 is 0.714 bits per heavy atom. The van der Waals surface area contributed by atoms with Crippen LogP contribution < -0.4 is 0 Å². The predicted molar refractivity (Wildman–Crippen MR) is 126 cm³/mol. The molecule has 4 rings (SSSR count). The molecule has 0 radical (unpaired) electrons. The second-order valence-electron chi connectivity index (χ2n) is 5.69. The average molecular weight is 496 g/mol. The molecular weight excluding hydrogens is 476 g/mol. The standard InChI is InChI=1S/2C12H9Br.CH2O/c2*13-12-9-5-4-8-11(12)10-6-2-1-3-7-10;1-2/h2*1-9H;1H2. The molecule has 0 spiro atoms. The number of benzene rings is 4. The lowest BCUT2D eigenvalue weighted by Crippen LogP contribution is -1.77. The second-order valence-corrected chi connectivity index (χ2v) is 7.40. The normalized spacial score (nSPS) is 9.36. The molecule has 0 unspecified atom stereocenters. The van der Waals surface area contributed by atoms with E-state index in [1.807, 2.05) is 43.2 Å². The van der Waals surface area contributed by atoms with Crippen molar-refractivity contribution in [3.63, 3.8) is 0 Å². The van der Waals surface area contributed by atoms with Crippen molar-refractivity contribution in [1.82, 2.24) is 0 Å². The Bertz CT molecular complexity index is 889. The van der Waals surface area contributed by atoms with Gasteiger partial charge < -0.3 is 4.79 Å². The van der Waals surface area contributed by atoms with Gasteiger partial charge in [0.05, 0.1) is 0 Å². The highest BCUT2D eigenvalue weighted by atomic mass is 79.9. The quantitative estimate of drug-likeness (QED) is 0.275. The number of halogens is 2. The molecule has 0 atom stereocenters. The van der Waals surface area contributed by atoms with Crippen molar-refractivity contribution < 1.29 is 4.79 Å². The summed E-state index contributed by atoms with van der Waals surface area (Å²) in [5.74, 6) is 0. The summed E-state index contributed by atoms with van der Waals surface area (Å²) in [6, 6.07) is 37.2. The van der Waals surface area contributed by atoms with Gasteiger partial charge >= 0.3 is 0 Å². The Hall–Kier alpha value is -2.49. The topological polar surface area (TPSA) is 17.1 Å². The van der Waals surface area contributed by atoms with Crippen LogP contribution in [-0.4, -0.2) is 6.79 Å². The van der Waals surface area contributed by atoms with Crippen molar-refractivity contribution in [1.29, 1.82) is 0 Å². The molecule has 0 saturated carbocycles. The van der Waals surface area contributed by atoms with Gasteiger partial charge in [-0.25, -0.2) is 0 Å². The number of hydrogen-bond acceptors (Lipinski definition) is 1. The van der Waals surface area contributed by atoms with Crippen molar-refractivity contribution in [3.05, 3.63) is 118 Å². The van der Waals surface area contributed by atoms with Gasteiger partial charge in [-0.05, 0) is 34.4 Å². The Morgan fingerprint density at radius 1 is 0.429 bits per heavy atom. The first-order valence-electron chi connectivity index (χ1n) is 8.64. The SMILES string of the molecule is Brc1ccccc1-c1ccccc1.Brc1ccccc1-c1ccccc1.C=O. The van der Waals surface area contributed by atoms with Gasteiger partial charge in [-0.3, -0.25) is 0 Å². The van der Waals surface area contributed by atoms with Crippen LogP contribution in [0, 0.1) is 0 Å². The Morgan fingerprint density at radius 3 is 1.04 bits per heavy atom. The van der Waals surface area contributed by atoms with Crippen LogP contribution in [0.15, 0.2) is 118 Å². The second kappa shape index (κ2) is 12.1. The molecule has 0 aliphatic heterocycles. The van der Waals surface area contributed by atoms with Crippen LogP contribution in [0.4, 0.5) is 0 Å². The van der Waals surface area contributed by atoms with Crippen LogP contribution in [0.3, 0.4) is 0 Å². The van der Waals surface area contributed by atoms with Crippen LogP contribution >= 0.6 is 31.9 Å². The summed E-state index contributed by atoms with van der Waals surface area (Å²) in [4.78, 5) is 8.00. The third-order valence-electron chi connectivity index (χ3n) is 3.92. The van der Waals surface area contributed by atoms with Crippen molar-refractivity contribution in [2.45, 2.75) is 0 Å². The molecule has 0 saturated heterocycles. The molecule has 140 valence electrons. The van der Waals surface area contributed by atoms with E-state index in [0.29, 0.717) is 0 Å². The maximum atomic E-state index is 8.00. The van der Waals surface area contributed by atoms with Crippen LogP contribution in [0.1, 0.15) is 0 Å². The number of carbonyl (C=O) groups is 1. The predicted octanol–water partition coefficient (Wildman–Crippen LogP) is 8.05. The molecule has 1 nitrogen and oxygen atoms in total. The van der Waals surface area contributed by atoms with Crippen molar-refractivity contribution in [2.24, 2.45) is 0 Å². The van der Waals surface area contributed by atoms with E-state index in [1.165, 1.54) is 22.3 Å². The van der Waals surface area contributed by atoms with Crippen molar-refractivity contribution in [2.75, 3.05) is 0 Å². The molecule has 0 N–H and O–H groups in total. The van der Waals surface area contributed by atoms with Gasteiger partial charge in [-0.2, -0.15) is 0 Å². The van der Waals surface area contributed by atoms with Gasteiger partial charge in [0.25, 0.3) is 0 Å². The van der Waals surface area contributed by atoms with Crippen LogP contribution in [0.25, 0.3) is 22.3 Å². The molecule has 4 aromatic carbocycles. The van der Waals surface area contributed by atoms with Gasteiger partial charge in [-0.15, -0.1) is 0 Å². The summed E-state index contributed by atoms with van der Waals surface area (Å²) in [6.07, 6.45) is 0. The minimum Gasteiger partial charge on any atom is -0.307 e. The molecule has 0 aliphatic carbocycles. The summed E-state index contributed by atoms with van der Waals surface area (Å²) in [7, 11) is 0. The Balaban J connectivity index is 0.000000184. The maximum Gasteiger partial charge on any atom is 0.106 e. The highest BCUT2D eigenvalue weighted by Gasteiger charge is 2.00. The van der Waals surface area contributed by atoms with Gasteiger partial charge in [-0.1, -0.05) is 129 Å². The zero-order chi connectivity index (χ0) is 20.2. The summed E-state index contributed by atoms with van der Waals surface area (Å²) in [5, 5.41) is 0. The van der Waals surface area contributed by atoms with E-state index in [0.717, 1.165) is 8.95 Å². The van der Waals surface area contributed by atoms with Crippen molar-refractivity contribution >= 4 is 38.6 Å². The molecule has 0 aromatic heterocycles. The third kappa shape index (κ3) is 6.29. The molecule has 0 fully saturated rings. The highest BCUT2D eigenvalue weighted by molar-refractivity contribution is 9.11. The minimum absolute atomic E-state index is 1.14. The van der Waals surface area contributed by atoms with E-state index in [9.17, 15) is 0 Å². The van der Waals surface area contributed by atoms with Gasteiger partial charge in [0.15, 0.2) is 0 Å². The molecule has 0 amide bonds. The van der Waals surface area contributed by atoms with Gasteiger partial charge in [0, 0.05) is 8.95 Å². The lowest BCUT2D eigenvalue weighted by molar-refractivity contribution is -0.0979. The van der Waals surface area contributed by atoms with Crippen LogP contribution in [-0.2, 0) is 4.79 Å². The van der Waals surface area contributed by atoms with Crippen LogP contribution in [0.2, 0.25) is 0 Å². The molecule has 3 heteroatoms. The summed E-state index contributed by atoms with van der Waals surface area (Å²) < 4.78 is 2.28. The smallest absolute Gasteiger partial charge is 0.106 e. The first kappa shape index (κ1) is 21.8. The molecule has 28 heavy (non-hydrogen) atoms. The van der Waals surface area contributed by atoms with Crippen molar-refractivity contribution in [3.8, 4) is 22.3 Å². The van der Waals surface area contributed by atoms with E-state index in [-0.39, 0.29) is 0 Å². The molecular formula is C25H20Br2O. The number of carbonyl (C=O) groups excluding carboxylic acids is 1. The lowest BCUT2D eigenvalue weighted by Gasteiger charge is -2.02. The summed E-state index contributed by atoms with van der Waals surface area (Å²) >= 11 is 7.07.